The van der Waals surface area contributed by atoms with E-state index in [-0.39, 0.29) is 16.8 Å². The Balaban J connectivity index is 1.46. The van der Waals surface area contributed by atoms with E-state index in [2.05, 4.69) is 10.0 Å². The van der Waals surface area contributed by atoms with Gasteiger partial charge in [-0.25, -0.2) is 13.1 Å². The van der Waals surface area contributed by atoms with Gasteiger partial charge in [0.2, 0.25) is 10.0 Å². The quantitative estimate of drug-likeness (QED) is 0.660. The molecular weight excluding hydrogens is 408 g/mol. The summed E-state index contributed by atoms with van der Waals surface area (Å²) in [6.45, 7) is 5.71. The summed E-state index contributed by atoms with van der Waals surface area (Å²) in [6.07, 6.45) is 6.20. The van der Waals surface area contributed by atoms with Gasteiger partial charge in [0.1, 0.15) is 0 Å². The van der Waals surface area contributed by atoms with Crippen molar-refractivity contribution < 1.29 is 13.2 Å². The molecule has 0 aliphatic heterocycles. The summed E-state index contributed by atoms with van der Waals surface area (Å²) in [7, 11) is -3.61. The molecule has 0 spiro atoms. The first kappa shape index (κ1) is 22.0. The summed E-state index contributed by atoms with van der Waals surface area (Å²) in [5.74, 6) is 1.63. The van der Waals surface area contributed by atoms with E-state index in [1.807, 2.05) is 39.0 Å². The highest BCUT2D eigenvalue weighted by Crippen LogP contribution is 2.46. The number of aryl methyl sites for hydroxylation is 2. The highest BCUT2D eigenvalue weighted by molar-refractivity contribution is 7.89. The fourth-order valence-corrected chi connectivity index (χ4v) is 6.78. The van der Waals surface area contributed by atoms with Gasteiger partial charge in [-0.1, -0.05) is 31.0 Å². The molecule has 2 bridgehead atoms. The molecule has 0 saturated heterocycles. The molecular formula is C25H32N2O3S. The number of carbonyl (C=O) groups is 1. The Morgan fingerprint density at radius 2 is 1.71 bits per heavy atom. The van der Waals surface area contributed by atoms with Crippen molar-refractivity contribution in [3.05, 3.63) is 59.2 Å². The molecule has 2 aromatic carbocycles. The molecule has 2 N–H and O–H groups in total. The fraction of sp³-hybridized carbons (Fsp3) is 0.480. The first-order chi connectivity index (χ1) is 14.7. The van der Waals surface area contributed by atoms with Crippen LogP contribution in [0.5, 0.6) is 0 Å². The molecule has 3 aliphatic carbocycles. The maximum atomic E-state index is 13.0. The topological polar surface area (TPSA) is 75.3 Å². The molecule has 5 nitrogen and oxygen atoms in total. The zero-order valence-corrected chi connectivity index (χ0v) is 19.3. The van der Waals surface area contributed by atoms with Crippen LogP contribution in [0.2, 0.25) is 0 Å². The van der Waals surface area contributed by atoms with Crippen LogP contribution in [-0.4, -0.2) is 20.4 Å². The number of fused-ring (bicyclic) bond motifs is 3. The van der Waals surface area contributed by atoms with Gasteiger partial charge in [0.15, 0.2) is 0 Å². The molecule has 0 radical (unpaired) electrons. The maximum Gasteiger partial charge on any atom is 0.255 e. The summed E-state index contributed by atoms with van der Waals surface area (Å²) in [5, 5.41) is 2.90. The number of carbonyl (C=O) groups excluding carboxylic acids is 1. The molecule has 3 aliphatic rings. The second-order valence-electron chi connectivity index (χ2n) is 9.34. The molecule has 2 unspecified atom stereocenters. The van der Waals surface area contributed by atoms with E-state index in [0.29, 0.717) is 28.7 Å². The van der Waals surface area contributed by atoms with Gasteiger partial charge in [-0.05, 0) is 93.2 Å². The predicted octanol–water partition coefficient (Wildman–Crippen LogP) is 5.05. The third-order valence-electron chi connectivity index (χ3n) is 7.23. The van der Waals surface area contributed by atoms with E-state index >= 15 is 0 Å². The van der Waals surface area contributed by atoms with Crippen LogP contribution >= 0.6 is 0 Å². The van der Waals surface area contributed by atoms with Crippen molar-refractivity contribution in [3.63, 3.8) is 0 Å². The van der Waals surface area contributed by atoms with Crippen molar-refractivity contribution in [1.29, 1.82) is 0 Å². The van der Waals surface area contributed by atoms with E-state index < -0.39 is 10.0 Å². The lowest BCUT2D eigenvalue weighted by atomic mass is 9.63. The van der Waals surface area contributed by atoms with E-state index in [1.165, 1.54) is 25.7 Å². The monoisotopic (exact) mass is 440 g/mol. The molecule has 2 atom stereocenters. The van der Waals surface area contributed by atoms with Gasteiger partial charge in [-0.15, -0.1) is 0 Å². The Morgan fingerprint density at radius 3 is 2.32 bits per heavy atom. The first-order valence-electron chi connectivity index (χ1n) is 11.2. The largest absolute Gasteiger partial charge is 0.322 e. The SMILES string of the molecule is Cc1cc(S(=O)(=O)NC(C)C2CC3CCC2CC3)ccc1NC(=O)c1ccccc1C. The smallest absolute Gasteiger partial charge is 0.255 e. The first-order valence-corrected chi connectivity index (χ1v) is 12.7. The Labute approximate surface area is 185 Å². The van der Waals surface area contributed by atoms with Crippen LogP contribution in [0, 0.1) is 31.6 Å². The molecule has 1 amide bonds. The maximum absolute atomic E-state index is 13.0. The van der Waals surface area contributed by atoms with E-state index in [0.717, 1.165) is 17.9 Å². The lowest BCUT2D eigenvalue weighted by Crippen LogP contribution is -2.45. The average molecular weight is 441 g/mol. The van der Waals surface area contributed by atoms with Crippen molar-refractivity contribution in [3.8, 4) is 0 Å². The van der Waals surface area contributed by atoms with Crippen LogP contribution in [-0.2, 0) is 10.0 Å². The standard InChI is InChI=1S/C25H32N2O3S/c1-16-6-4-5-7-22(16)25(28)26-24-13-12-21(14-17(24)2)31(29,30)27-18(3)23-15-19-8-10-20(23)11-9-19/h4-7,12-14,18-20,23,27H,8-11,15H2,1-3H3,(H,26,28). The number of nitrogens with one attached hydrogen (secondary N) is 2. The summed E-state index contributed by atoms with van der Waals surface area (Å²) in [4.78, 5) is 12.9. The van der Waals surface area contributed by atoms with Crippen LogP contribution in [0.15, 0.2) is 47.4 Å². The van der Waals surface area contributed by atoms with Gasteiger partial charge in [-0.3, -0.25) is 4.79 Å². The van der Waals surface area contributed by atoms with Gasteiger partial charge < -0.3 is 5.32 Å². The molecule has 5 rings (SSSR count). The molecule has 166 valence electrons. The minimum Gasteiger partial charge on any atom is -0.322 e. The Hall–Kier alpha value is -2.18. The van der Waals surface area contributed by atoms with E-state index in [9.17, 15) is 13.2 Å². The van der Waals surface area contributed by atoms with Crippen LogP contribution in [0.4, 0.5) is 5.69 Å². The van der Waals surface area contributed by atoms with Gasteiger partial charge in [0.05, 0.1) is 4.90 Å². The molecule has 3 saturated carbocycles. The minimum atomic E-state index is -3.61. The fourth-order valence-electron chi connectivity index (χ4n) is 5.40. The van der Waals surface area contributed by atoms with Crippen molar-refractivity contribution in [2.24, 2.45) is 17.8 Å². The van der Waals surface area contributed by atoms with Gasteiger partial charge in [0.25, 0.3) is 5.91 Å². The number of anilines is 1. The van der Waals surface area contributed by atoms with Crippen LogP contribution in [0.25, 0.3) is 0 Å². The molecule has 6 heteroatoms. The molecule has 2 aromatic rings. The second-order valence-corrected chi connectivity index (χ2v) is 11.1. The van der Waals surface area contributed by atoms with Gasteiger partial charge >= 0.3 is 0 Å². The normalized spacial score (nSPS) is 24.0. The lowest BCUT2D eigenvalue weighted by molar-refractivity contribution is 0.0810. The van der Waals surface area contributed by atoms with Crippen LogP contribution < -0.4 is 10.0 Å². The Kier molecular flexibility index (Phi) is 6.22. The Bertz CT molecular complexity index is 1070. The molecule has 31 heavy (non-hydrogen) atoms. The van der Waals surface area contributed by atoms with Crippen molar-refractivity contribution >= 4 is 21.6 Å². The molecule has 3 fully saturated rings. The van der Waals surface area contributed by atoms with E-state index in [4.69, 9.17) is 0 Å². The number of amides is 1. The third kappa shape index (κ3) is 4.70. The Morgan fingerprint density at radius 1 is 1.00 bits per heavy atom. The zero-order chi connectivity index (χ0) is 22.2. The minimum absolute atomic E-state index is 0.0705. The summed E-state index contributed by atoms with van der Waals surface area (Å²) in [6, 6.07) is 12.2. The second kappa shape index (κ2) is 8.75. The highest BCUT2D eigenvalue weighted by atomic mass is 32.2. The number of sulfonamides is 1. The summed E-state index contributed by atoms with van der Waals surface area (Å²) < 4.78 is 29.0. The van der Waals surface area contributed by atoms with Crippen LogP contribution in [0.3, 0.4) is 0 Å². The molecule has 0 heterocycles. The summed E-state index contributed by atoms with van der Waals surface area (Å²) in [5.41, 5.74) is 2.83. The number of rotatable bonds is 6. The number of hydrogen-bond acceptors (Lipinski definition) is 3. The van der Waals surface area contributed by atoms with Crippen molar-refractivity contribution in [2.45, 2.75) is 63.8 Å². The highest BCUT2D eigenvalue weighted by Gasteiger charge is 2.39. The van der Waals surface area contributed by atoms with Gasteiger partial charge in [0, 0.05) is 17.3 Å². The van der Waals surface area contributed by atoms with Crippen molar-refractivity contribution in [2.75, 3.05) is 5.32 Å². The van der Waals surface area contributed by atoms with Crippen molar-refractivity contribution in [1.82, 2.24) is 4.72 Å². The van der Waals surface area contributed by atoms with E-state index in [1.54, 1.807) is 24.3 Å². The summed E-state index contributed by atoms with van der Waals surface area (Å²) >= 11 is 0. The number of benzene rings is 2. The predicted molar refractivity (Wildman–Crippen MR) is 124 cm³/mol. The third-order valence-corrected chi connectivity index (χ3v) is 8.79. The number of hydrogen-bond donors (Lipinski definition) is 2. The lowest BCUT2D eigenvalue weighted by Gasteiger charge is -2.45. The average Bonchev–Trinajstić information content (AvgIpc) is 2.75. The molecule has 0 aromatic heterocycles. The zero-order valence-electron chi connectivity index (χ0n) is 18.5. The van der Waals surface area contributed by atoms with Crippen LogP contribution in [0.1, 0.15) is 60.5 Å². The van der Waals surface area contributed by atoms with Gasteiger partial charge in [-0.2, -0.15) is 0 Å².